The molecule has 98 valence electrons. The number of ether oxygens (including phenoxy) is 1. The Morgan fingerprint density at radius 1 is 1.06 bits per heavy atom. The monoisotopic (exact) mass is 238 g/mol. The van der Waals surface area contributed by atoms with Crippen molar-refractivity contribution in [1.82, 2.24) is 0 Å². The van der Waals surface area contributed by atoms with E-state index in [0.29, 0.717) is 11.5 Å². The highest BCUT2D eigenvalue weighted by Crippen LogP contribution is 2.26. The van der Waals surface area contributed by atoms with Crippen molar-refractivity contribution in [3.05, 3.63) is 12.2 Å². The molecular formula is C15H26O2. The van der Waals surface area contributed by atoms with Crippen molar-refractivity contribution in [2.24, 2.45) is 5.92 Å². The highest BCUT2D eigenvalue weighted by Gasteiger charge is 2.15. The lowest BCUT2D eigenvalue weighted by Crippen LogP contribution is -2.10. The van der Waals surface area contributed by atoms with Gasteiger partial charge in [-0.2, -0.15) is 0 Å². The first-order valence-corrected chi connectivity index (χ1v) is 7.00. The number of hydrogen-bond donors (Lipinski definition) is 0. The van der Waals surface area contributed by atoms with Gasteiger partial charge in [0.15, 0.2) is 0 Å². The Hall–Kier alpha value is -0.790. The Balaban J connectivity index is 2.36. The fourth-order valence-electron chi connectivity index (χ4n) is 2.67. The molecule has 1 rings (SSSR count). The van der Waals surface area contributed by atoms with E-state index < -0.39 is 0 Å². The summed E-state index contributed by atoms with van der Waals surface area (Å²) >= 11 is 0. The second-order valence-corrected chi connectivity index (χ2v) is 5.22. The summed E-state index contributed by atoms with van der Waals surface area (Å²) in [4.78, 5) is 11.3. The Morgan fingerprint density at radius 3 is 2.00 bits per heavy atom. The maximum Gasteiger partial charge on any atom is 0.333 e. The zero-order valence-electron chi connectivity index (χ0n) is 11.2. The maximum absolute atomic E-state index is 11.3. The molecule has 0 unspecified atom stereocenters. The predicted molar refractivity (Wildman–Crippen MR) is 70.8 cm³/mol. The van der Waals surface area contributed by atoms with Gasteiger partial charge in [0.1, 0.15) is 0 Å². The molecular weight excluding hydrogens is 212 g/mol. The minimum Gasteiger partial charge on any atom is -0.466 e. The van der Waals surface area contributed by atoms with Gasteiger partial charge in [0.25, 0.3) is 0 Å². The first-order valence-electron chi connectivity index (χ1n) is 7.00. The van der Waals surface area contributed by atoms with Crippen molar-refractivity contribution in [3.63, 3.8) is 0 Å². The van der Waals surface area contributed by atoms with Crippen molar-refractivity contribution < 1.29 is 9.53 Å². The fourth-order valence-corrected chi connectivity index (χ4v) is 2.67. The summed E-state index contributed by atoms with van der Waals surface area (Å²) in [6.07, 6.45) is 12.8. The van der Waals surface area contributed by atoms with Crippen molar-refractivity contribution in [2.75, 3.05) is 7.11 Å². The third-order valence-electron chi connectivity index (χ3n) is 3.73. The van der Waals surface area contributed by atoms with E-state index in [4.69, 9.17) is 4.74 Å². The molecule has 1 aliphatic carbocycles. The van der Waals surface area contributed by atoms with E-state index in [-0.39, 0.29) is 5.97 Å². The van der Waals surface area contributed by atoms with E-state index in [1.807, 2.05) is 0 Å². The van der Waals surface area contributed by atoms with Crippen LogP contribution in [0.25, 0.3) is 0 Å². The Labute approximate surface area is 105 Å². The van der Waals surface area contributed by atoms with Gasteiger partial charge in [-0.05, 0) is 12.3 Å². The van der Waals surface area contributed by atoms with E-state index in [9.17, 15) is 4.79 Å². The molecule has 0 radical (unpaired) electrons. The highest BCUT2D eigenvalue weighted by molar-refractivity contribution is 5.87. The van der Waals surface area contributed by atoms with Gasteiger partial charge >= 0.3 is 5.97 Å². The number of carbonyl (C=O) groups is 1. The van der Waals surface area contributed by atoms with Gasteiger partial charge in [-0.25, -0.2) is 4.79 Å². The zero-order chi connectivity index (χ0) is 12.5. The summed E-state index contributed by atoms with van der Waals surface area (Å²) in [7, 11) is 1.43. The molecule has 0 spiro atoms. The Bertz CT molecular complexity index is 235. The van der Waals surface area contributed by atoms with Crippen molar-refractivity contribution >= 4 is 5.97 Å². The summed E-state index contributed by atoms with van der Waals surface area (Å²) in [6, 6.07) is 0. The lowest BCUT2D eigenvalue weighted by molar-refractivity contribution is -0.136. The third-order valence-corrected chi connectivity index (χ3v) is 3.73. The molecule has 0 amide bonds. The van der Waals surface area contributed by atoms with Crippen molar-refractivity contribution in [3.8, 4) is 0 Å². The van der Waals surface area contributed by atoms with E-state index in [1.54, 1.807) is 0 Å². The van der Waals surface area contributed by atoms with Crippen LogP contribution >= 0.6 is 0 Å². The van der Waals surface area contributed by atoms with Gasteiger partial charge < -0.3 is 4.74 Å². The third kappa shape index (κ3) is 5.90. The van der Waals surface area contributed by atoms with Crippen molar-refractivity contribution in [2.45, 2.75) is 64.2 Å². The first kappa shape index (κ1) is 14.3. The molecule has 17 heavy (non-hydrogen) atoms. The Morgan fingerprint density at radius 2 is 1.53 bits per heavy atom. The molecule has 0 N–H and O–H groups in total. The highest BCUT2D eigenvalue weighted by atomic mass is 16.5. The molecule has 1 saturated carbocycles. The van der Waals surface area contributed by atoms with Crippen LogP contribution < -0.4 is 0 Å². The van der Waals surface area contributed by atoms with Crippen LogP contribution in [0.2, 0.25) is 0 Å². The number of rotatable bonds is 3. The van der Waals surface area contributed by atoms with Crippen LogP contribution in [0.4, 0.5) is 0 Å². The maximum atomic E-state index is 11.3. The van der Waals surface area contributed by atoms with E-state index >= 15 is 0 Å². The number of methoxy groups -OCH3 is 1. The second kappa shape index (κ2) is 8.32. The molecule has 0 aromatic heterocycles. The van der Waals surface area contributed by atoms with Gasteiger partial charge in [-0.15, -0.1) is 0 Å². The van der Waals surface area contributed by atoms with Gasteiger partial charge in [-0.3, -0.25) is 0 Å². The number of hydrogen-bond acceptors (Lipinski definition) is 2. The molecule has 2 heteroatoms. The second-order valence-electron chi connectivity index (χ2n) is 5.22. The predicted octanol–water partition coefficient (Wildman–Crippen LogP) is 4.25. The SMILES string of the molecule is C=C(CC1CCCCCCCCC1)C(=O)OC. The largest absolute Gasteiger partial charge is 0.466 e. The zero-order valence-corrected chi connectivity index (χ0v) is 11.2. The van der Waals surface area contributed by atoms with Gasteiger partial charge in [-0.1, -0.05) is 64.4 Å². The molecule has 1 fully saturated rings. The number of carbonyl (C=O) groups excluding carboxylic acids is 1. The quantitative estimate of drug-likeness (QED) is 0.543. The Kier molecular flexibility index (Phi) is 6.99. The van der Waals surface area contributed by atoms with Gasteiger partial charge in [0.05, 0.1) is 7.11 Å². The minimum atomic E-state index is -0.234. The summed E-state index contributed by atoms with van der Waals surface area (Å²) in [5, 5.41) is 0. The van der Waals surface area contributed by atoms with Crippen LogP contribution in [0, 0.1) is 5.92 Å². The van der Waals surface area contributed by atoms with E-state index in [2.05, 4.69) is 6.58 Å². The standard InChI is InChI=1S/C15H26O2/c1-13(15(16)17-2)12-14-10-8-6-4-3-5-7-9-11-14/h14H,1,3-12H2,2H3. The van der Waals surface area contributed by atoms with Gasteiger partial charge in [0.2, 0.25) is 0 Å². The summed E-state index contributed by atoms with van der Waals surface area (Å²) in [5.41, 5.74) is 0.648. The van der Waals surface area contributed by atoms with Crippen LogP contribution in [-0.4, -0.2) is 13.1 Å². The normalized spacial score (nSPS) is 19.6. The lowest BCUT2D eigenvalue weighted by atomic mass is 9.88. The molecule has 2 nitrogen and oxygen atoms in total. The van der Waals surface area contributed by atoms with Crippen molar-refractivity contribution in [1.29, 1.82) is 0 Å². The van der Waals surface area contributed by atoms with Crippen LogP contribution in [0.15, 0.2) is 12.2 Å². The fraction of sp³-hybridized carbons (Fsp3) is 0.800. The molecule has 0 aliphatic heterocycles. The molecule has 0 atom stereocenters. The average Bonchev–Trinajstić information content (AvgIpc) is 2.36. The van der Waals surface area contributed by atoms with Gasteiger partial charge in [0, 0.05) is 5.57 Å². The molecule has 0 aromatic rings. The molecule has 0 aromatic carbocycles. The smallest absolute Gasteiger partial charge is 0.333 e. The molecule has 0 bridgehead atoms. The van der Waals surface area contributed by atoms with Crippen LogP contribution in [0.3, 0.4) is 0 Å². The average molecular weight is 238 g/mol. The lowest BCUT2D eigenvalue weighted by Gasteiger charge is -2.18. The first-order chi connectivity index (χ1) is 8.24. The van der Waals surface area contributed by atoms with E-state index in [1.165, 1.54) is 64.9 Å². The number of esters is 1. The molecule has 0 heterocycles. The topological polar surface area (TPSA) is 26.3 Å². The molecule has 0 saturated heterocycles. The van der Waals surface area contributed by atoms with Crippen LogP contribution in [0.1, 0.15) is 64.2 Å². The summed E-state index contributed by atoms with van der Waals surface area (Å²) < 4.78 is 4.72. The summed E-state index contributed by atoms with van der Waals surface area (Å²) in [5.74, 6) is 0.404. The summed E-state index contributed by atoms with van der Waals surface area (Å²) in [6.45, 7) is 3.84. The van der Waals surface area contributed by atoms with E-state index in [0.717, 1.165) is 6.42 Å². The molecule has 1 aliphatic rings. The minimum absolute atomic E-state index is 0.234. The van der Waals surface area contributed by atoms with Crippen LogP contribution in [0.5, 0.6) is 0 Å². The van der Waals surface area contributed by atoms with Crippen LogP contribution in [-0.2, 0) is 9.53 Å².